The molecule has 2 rings (SSSR count). The molecule has 0 N–H and O–H groups in total. The van der Waals surface area contributed by atoms with E-state index in [0.29, 0.717) is 13.1 Å². The van der Waals surface area contributed by atoms with Crippen LogP contribution in [0.15, 0.2) is 29.2 Å². The number of ether oxygens (including phenoxy) is 1. The maximum absolute atomic E-state index is 12.5. The van der Waals surface area contributed by atoms with E-state index >= 15 is 0 Å². The minimum atomic E-state index is -3.79. The monoisotopic (exact) mass is 396 g/mol. The molecule has 0 bridgehead atoms. The lowest BCUT2D eigenvalue weighted by Gasteiger charge is -2.24. The van der Waals surface area contributed by atoms with Crippen molar-refractivity contribution in [2.24, 2.45) is 0 Å². The Hall–Kier alpha value is -1.93. The molecule has 1 aliphatic heterocycles. The van der Waals surface area contributed by atoms with Crippen LogP contribution in [0.2, 0.25) is 0 Å². The minimum absolute atomic E-state index is 0.108. The van der Waals surface area contributed by atoms with Crippen molar-refractivity contribution in [3.8, 4) is 0 Å². The second-order valence-electron chi connectivity index (χ2n) is 6.95. The predicted molar refractivity (Wildman–Crippen MR) is 102 cm³/mol. The van der Waals surface area contributed by atoms with Gasteiger partial charge in [0.2, 0.25) is 10.0 Å². The van der Waals surface area contributed by atoms with Gasteiger partial charge >= 0.3 is 5.97 Å². The Bertz CT molecular complexity index is 753. The van der Waals surface area contributed by atoms with E-state index in [9.17, 15) is 18.0 Å². The molecule has 0 saturated carbocycles. The second-order valence-corrected chi connectivity index (χ2v) is 8.99. The molecule has 1 unspecified atom stereocenters. The van der Waals surface area contributed by atoms with E-state index < -0.39 is 28.6 Å². The Morgan fingerprint density at radius 2 is 1.67 bits per heavy atom. The van der Waals surface area contributed by atoms with Crippen molar-refractivity contribution < 1.29 is 22.7 Å². The Labute approximate surface area is 161 Å². The van der Waals surface area contributed by atoms with Crippen LogP contribution in [0.25, 0.3) is 0 Å². The number of rotatable bonds is 6. The highest BCUT2D eigenvalue weighted by Gasteiger charge is 2.27. The smallest absolute Gasteiger partial charge is 0.322 e. The van der Waals surface area contributed by atoms with Crippen LogP contribution in [0.5, 0.6) is 0 Å². The lowest BCUT2D eigenvalue weighted by molar-refractivity contribution is -0.159. The van der Waals surface area contributed by atoms with E-state index in [2.05, 4.69) is 0 Å². The Morgan fingerprint density at radius 1 is 1.11 bits per heavy atom. The standard InChI is InChI=1S/C19H28N2O5S/c1-15-8-10-17(11-9-15)27(24,25)20(3)14-18(22)26-16(2)19(23)21-12-6-4-5-7-13-21/h8-11,16H,4-7,12-14H2,1-3H3. The Kier molecular flexibility index (Phi) is 7.38. The van der Waals surface area contributed by atoms with E-state index in [-0.39, 0.29) is 10.8 Å². The van der Waals surface area contributed by atoms with Gasteiger partial charge in [-0.3, -0.25) is 9.59 Å². The summed E-state index contributed by atoms with van der Waals surface area (Å²) in [7, 11) is -2.48. The van der Waals surface area contributed by atoms with Crippen LogP contribution in [-0.4, -0.2) is 62.3 Å². The Morgan fingerprint density at radius 3 is 2.22 bits per heavy atom. The molecule has 0 spiro atoms. The first-order valence-electron chi connectivity index (χ1n) is 9.23. The summed E-state index contributed by atoms with van der Waals surface area (Å²) in [6.45, 7) is 4.28. The van der Waals surface area contributed by atoms with E-state index in [1.165, 1.54) is 26.1 Å². The minimum Gasteiger partial charge on any atom is -0.452 e. The number of hydrogen-bond acceptors (Lipinski definition) is 5. The van der Waals surface area contributed by atoms with Crippen LogP contribution >= 0.6 is 0 Å². The highest BCUT2D eigenvalue weighted by molar-refractivity contribution is 7.89. The van der Waals surface area contributed by atoms with Crippen molar-refractivity contribution >= 4 is 21.9 Å². The molecule has 1 fully saturated rings. The highest BCUT2D eigenvalue weighted by Crippen LogP contribution is 2.15. The van der Waals surface area contributed by atoms with Crippen molar-refractivity contribution in [2.45, 2.75) is 50.5 Å². The molecule has 1 aromatic carbocycles. The van der Waals surface area contributed by atoms with Gasteiger partial charge < -0.3 is 9.64 Å². The zero-order valence-electron chi connectivity index (χ0n) is 16.2. The summed E-state index contributed by atoms with van der Waals surface area (Å²) in [6, 6.07) is 6.39. The molecular weight excluding hydrogens is 368 g/mol. The number of hydrogen-bond donors (Lipinski definition) is 0. The predicted octanol–water partition coefficient (Wildman–Crippen LogP) is 1.95. The number of likely N-dealkylation sites (tertiary alicyclic amines) is 1. The number of nitrogens with zero attached hydrogens (tertiary/aromatic N) is 2. The summed E-state index contributed by atoms with van der Waals surface area (Å²) in [5.41, 5.74) is 0.942. The molecule has 1 aliphatic rings. The fourth-order valence-electron chi connectivity index (χ4n) is 2.99. The van der Waals surface area contributed by atoms with Crippen LogP contribution in [0.3, 0.4) is 0 Å². The number of amides is 1. The quantitative estimate of drug-likeness (QED) is 0.686. The van der Waals surface area contributed by atoms with Gasteiger partial charge in [0.05, 0.1) is 4.90 Å². The number of sulfonamides is 1. The third kappa shape index (κ3) is 5.77. The third-order valence-electron chi connectivity index (χ3n) is 4.65. The van der Waals surface area contributed by atoms with Crippen LogP contribution in [0.1, 0.15) is 38.2 Å². The second kappa shape index (κ2) is 9.32. The van der Waals surface area contributed by atoms with Crippen molar-refractivity contribution in [3.05, 3.63) is 29.8 Å². The van der Waals surface area contributed by atoms with Gasteiger partial charge in [0.25, 0.3) is 5.91 Å². The van der Waals surface area contributed by atoms with Gasteiger partial charge in [0.1, 0.15) is 6.54 Å². The molecule has 1 atom stereocenters. The normalized spacial score (nSPS) is 16.7. The summed E-state index contributed by atoms with van der Waals surface area (Å²) in [5, 5.41) is 0. The van der Waals surface area contributed by atoms with Crippen LogP contribution < -0.4 is 0 Å². The topological polar surface area (TPSA) is 84.0 Å². The average Bonchev–Trinajstić information content (AvgIpc) is 2.90. The number of likely N-dealkylation sites (N-methyl/N-ethyl adjacent to an activating group) is 1. The van der Waals surface area contributed by atoms with Gasteiger partial charge in [0, 0.05) is 20.1 Å². The van der Waals surface area contributed by atoms with Crippen LogP contribution in [-0.2, 0) is 24.3 Å². The van der Waals surface area contributed by atoms with Crippen molar-refractivity contribution in [1.29, 1.82) is 0 Å². The summed E-state index contributed by atoms with van der Waals surface area (Å²) in [6.07, 6.45) is 3.17. The number of aryl methyl sites for hydroxylation is 1. The van der Waals surface area contributed by atoms with E-state index in [1.807, 2.05) is 6.92 Å². The van der Waals surface area contributed by atoms with Gasteiger partial charge in [-0.05, 0) is 38.8 Å². The summed E-state index contributed by atoms with van der Waals surface area (Å²) >= 11 is 0. The molecule has 150 valence electrons. The van der Waals surface area contributed by atoms with Gasteiger partial charge in [-0.1, -0.05) is 30.5 Å². The molecule has 1 heterocycles. The molecule has 0 aliphatic carbocycles. The molecule has 0 radical (unpaired) electrons. The van der Waals surface area contributed by atoms with E-state index in [4.69, 9.17) is 4.74 Å². The van der Waals surface area contributed by atoms with Crippen molar-refractivity contribution in [1.82, 2.24) is 9.21 Å². The number of esters is 1. The molecule has 1 aromatic rings. The molecule has 7 nitrogen and oxygen atoms in total. The first-order chi connectivity index (χ1) is 12.7. The van der Waals surface area contributed by atoms with E-state index in [0.717, 1.165) is 35.6 Å². The maximum Gasteiger partial charge on any atom is 0.322 e. The van der Waals surface area contributed by atoms with E-state index in [1.54, 1.807) is 17.0 Å². The van der Waals surface area contributed by atoms with Gasteiger partial charge in [0.15, 0.2) is 6.10 Å². The fourth-order valence-corrected chi connectivity index (χ4v) is 4.11. The molecule has 0 aromatic heterocycles. The Balaban J connectivity index is 1.93. The average molecular weight is 397 g/mol. The van der Waals surface area contributed by atoms with Crippen LogP contribution in [0, 0.1) is 6.92 Å². The van der Waals surface area contributed by atoms with Crippen molar-refractivity contribution in [3.63, 3.8) is 0 Å². The third-order valence-corrected chi connectivity index (χ3v) is 6.47. The maximum atomic E-state index is 12.5. The molecule has 1 amide bonds. The van der Waals surface area contributed by atoms with Gasteiger partial charge in [-0.15, -0.1) is 0 Å². The lowest BCUT2D eigenvalue weighted by Crippen LogP contribution is -2.42. The number of carbonyl (C=O) groups excluding carboxylic acids is 2. The molecule has 27 heavy (non-hydrogen) atoms. The number of carbonyl (C=O) groups is 2. The summed E-state index contributed by atoms with van der Waals surface area (Å²) in [5.74, 6) is -0.974. The summed E-state index contributed by atoms with van der Waals surface area (Å²) < 4.78 is 31.2. The lowest BCUT2D eigenvalue weighted by atomic mass is 10.2. The SMILES string of the molecule is Cc1ccc(S(=O)(=O)N(C)CC(=O)OC(C)C(=O)N2CCCCCC2)cc1. The summed E-state index contributed by atoms with van der Waals surface area (Å²) in [4.78, 5) is 26.4. The van der Waals surface area contributed by atoms with Crippen LogP contribution in [0.4, 0.5) is 0 Å². The first kappa shape index (κ1) is 21.4. The molecular formula is C19H28N2O5S. The zero-order valence-corrected chi connectivity index (χ0v) is 17.0. The highest BCUT2D eigenvalue weighted by atomic mass is 32.2. The van der Waals surface area contributed by atoms with Crippen molar-refractivity contribution in [2.75, 3.05) is 26.7 Å². The molecule has 8 heteroatoms. The first-order valence-corrected chi connectivity index (χ1v) is 10.7. The zero-order chi connectivity index (χ0) is 20.0. The fraction of sp³-hybridized carbons (Fsp3) is 0.579. The largest absolute Gasteiger partial charge is 0.452 e. The van der Waals surface area contributed by atoms with Gasteiger partial charge in [-0.2, -0.15) is 4.31 Å². The number of benzene rings is 1. The molecule has 1 saturated heterocycles. The van der Waals surface area contributed by atoms with Gasteiger partial charge in [-0.25, -0.2) is 8.42 Å².